The lowest BCUT2D eigenvalue weighted by Gasteiger charge is -2.64. The highest BCUT2D eigenvalue weighted by Gasteiger charge is 2.69. The summed E-state index contributed by atoms with van der Waals surface area (Å²) in [6, 6.07) is 6.20. The summed E-state index contributed by atoms with van der Waals surface area (Å²) in [5.41, 5.74) is 1.11. The van der Waals surface area contributed by atoms with Gasteiger partial charge in [-0.3, -0.25) is 48.4 Å². The lowest BCUT2D eigenvalue weighted by Crippen LogP contribution is -2.65. The van der Waals surface area contributed by atoms with E-state index in [2.05, 4.69) is 26.1 Å². The molecule has 0 spiro atoms. The first-order valence-corrected chi connectivity index (χ1v) is 21.5. The molecule has 3 heterocycles. The molecule has 4 N–H and O–H groups in total. The molecule has 3 aliphatic heterocycles. The third-order valence-electron chi connectivity index (χ3n) is 13.9. The van der Waals surface area contributed by atoms with E-state index in [0.717, 1.165) is 31.2 Å². The molecule has 6 atom stereocenters. The summed E-state index contributed by atoms with van der Waals surface area (Å²) >= 11 is 0. The number of nitrogens with one attached hydrogen (secondary N) is 1. The van der Waals surface area contributed by atoms with E-state index in [1.165, 1.54) is 0 Å². The Morgan fingerprint density at radius 2 is 1.28 bits per heavy atom. The van der Waals surface area contributed by atoms with Gasteiger partial charge in [-0.15, -0.1) is 0 Å². The van der Waals surface area contributed by atoms with Crippen molar-refractivity contribution < 1.29 is 53.4 Å². The predicted octanol–water partition coefficient (Wildman–Crippen LogP) is 1.04. The maximum absolute atomic E-state index is 13.7. The van der Waals surface area contributed by atoms with E-state index in [0.29, 0.717) is 82.7 Å². The monoisotopic (exact) mass is 838 g/mol. The molecular weight excluding hydrogens is 775 g/mol. The van der Waals surface area contributed by atoms with Crippen molar-refractivity contribution in [3.8, 4) is 0 Å². The number of amides is 2. The minimum Gasteiger partial charge on any atom is -0.480 e. The Morgan fingerprint density at radius 1 is 0.767 bits per heavy atom. The van der Waals surface area contributed by atoms with Crippen molar-refractivity contribution in [1.29, 1.82) is 0 Å². The van der Waals surface area contributed by atoms with Gasteiger partial charge in [-0.25, -0.2) is 0 Å². The molecule has 0 aromatic heterocycles. The minimum absolute atomic E-state index is 0.0298. The maximum Gasteiger partial charge on any atom is 0.481 e. The Balaban J connectivity index is 0.984. The Labute approximate surface area is 352 Å². The molecule has 1 unspecified atom stereocenters. The minimum atomic E-state index is -1.02. The summed E-state index contributed by atoms with van der Waals surface area (Å²) in [4.78, 5) is 83.8. The molecule has 3 aliphatic carbocycles. The maximum atomic E-state index is 13.7. The lowest BCUT2D eigenvalue weighted by molar-refractivity contribution is -0.199. The molecule has 3 saturated heterocycles. The Kier molecular flexibility index (Phi) is 14.7. The van der Waals surface area contributed by atoms with Gasteiger partial charge in [0.05, 0.1) is 43.8 Å². The fraction of sp³-hybridized carbons (Fsp3) is 0.714. The van der Waals surface area contributed by atoms with Gasteiger partial charge in [-0.1, -0.05) is 26.0 Å². The average molecular weight is 839 g/mol. The molecule has 7 rings (SSSR count). The van der Waals surface area contributed by atoms with Gasteiger partial charge in [0.1, 0.15) is 11.8 Å². The SMILES string of the molecule is C[C@@H](NC(=O)c1ccc(CCC(=O)CN2CCN(CC(=O)O)CCN(CC(=O)O)CCN(CC(=O)O)CC2)cc1)C(=O)N1CCC[C@H]1B1OC2C[C@@H]3C[C@@H](C3(C)C)[C@]2(C)O1. The first-order valence-electron chi connectivity index (χ1n) is 21.5. The third kappa shape index (κ3) is 10.9. The van der Waals surface area contributed by atoms with E-state index in [1.54, 1.807) is 45.9 Å². The Morgan fingerprint density at radius 3 is 1.78 bits per heavy atom. The highest BCUT2D eigenvalue weighted by molar-refractivity contribution is 6.48. The van der Waals surface area contributed by atoms with Gasteiger partial charge in [0.15, 0.2) is 0 Å². The van der Waals surface area contributed by atoms with E-state index >= 15 is 0 Å². The van der Waals surface area contributed by atoms with Crippen molar-refractivity contribution in [2.24, 2.45) is 17.3 Å². The zero-order valence-electron chi connectivity index (χ0n) is 35.6. The average Bonchev–Trinajstić information content (AvgIpc) is 3.82. The molecule has 0 radical (unpaired) electrons. The number of nitrogens with zero attached hydrogens (tertiary/aromatic N) is 5. The number of aliphatic carboxylic acids is 3. The molecule has 330 valence electrons. The summed E-state index contributed by atoms with van der Waals surface area (Å²) in [5, 5.41) is 31.2. The van der Waals surface area contributed by atoms with E-state index in [9.17, 15) is 44.1 Å². The van der Waals surface area contributed by atoms with Crippen LogP contribution in [0.4, 0.5) is 0 Å². The predicted molar refractivity (Wildman–Crippen MR) is 220 cm³/mol. The number of benzene rings is 1. The first kappa shape index (κ1) is 45.6. The van der Waals surface area contributed by atoms with E-state index < -0.39 is 31.1 Å². The number of carbonyl (C=O) groups excluding carboxylic acids is 3. The van der Waals surface area contributed by atoms with Crippen LogP contribution in [0.2, 0.25) is 0 Å². The quantitative estimate of drug-likeness (QED) is 0.182. The molecule has 17 nitrogen and oxygen atoms in total. The lowest BCUT2D eigenvalue weighted by atomic mass is 9.43. The summed E-state index contributed by atoms with van der Waals surface area (Å²) in [6.07, 6.45) is 4.44. The molecule has 18 heteroatoms. The number of carboxylic acid groups (broad SMARTS) is 3. The summed E-state index contributed by atoms with van der Waals surface area (Å²) in [7, 11) is -0.482. The third-order valence-corrected chi connectivity index (χ3v) is 13.9. The molecule has 6 aliphatic rings. The number of carboxylic acids is 3. The van der Waals surface area contributed by atoms with Gasteiger partial charge in [0.25, 0.3) is 5.91 Å². The van der Waals surface area contributed by atoms with Crippen LogP contribution in [0.1, 0.15) is 75.7 Å². The van der Waals surface area contributed by atoms with Crippen LogP contribution in [0, 0.1) is 17.3 Å². The molecule has 2 bridgehead atoms. The highest BCUT2D eigenvalue weighted by atomic mass is 16.7. The van der Waals surface area contributed by atoms with Crippen LogP contribution in [0.5, 0.6) is 0 Å². The van der Waals surface area contributed by atoms with Crippen LogP contribution in [0.25, 0.3) is 0 Å². The summed E-state index contributed by atoms with van der Waals surface area (Å²) < 4.78 is 13.2. The van der Waals surface area contributed by atoms with Crippen molar-refractivity contribution in [3.63, 3.8) is 0 Å². The molecule has 60 heavy (non-hydrogen) atoms. The Bertz CT molecular complexity index is 1720. The normalized spacial score (nSPS) is 28.5. The summed E-state index contributed by atoms with van der Waals surface area (Å²) in [5.74, 6) is -2.77. The molecule has 3 saturated carbocycles. The highest BCUT2D eigenvalue weighted by Crippen LogP contribution is 2.66. The van der Waals surface area contributed by atoms with Gasteiger partial charge < -0.3 is 34.8 Å². The fourth-order valence-electron chi connectivity index (χ4n) is 10.2. The topological polar surface area (TPSA) is 210 Å². The number of hydrogen-bond acceptors (Lipinski definition) is 12. The van der Waals surface area contributed by atoms with Crippen LogP contribution in [-0.2, 0) is 39.7 Å². The molecule has 6 fully saturated rings. The van der Waals surface area contributed by atoms with Crippen molar-refractivity contribution in [1.82, 2.24) is 29.8 Å². The van der Waals surface area contributed by atoms with E-state index in [4.69, 9.17) is 9.31 Å². The van der Waals surface area contributed by atoms with Gasteiger partial charge in [0, 0.05) is 70.9 Å². The molecule has 1 aromatic rings. The second-order valence-corrected chi connectivity index (χ2v) is 18.3. The Hall–Kier alpha value is -3.94. The number of likely N-dealkylation sites (tertiary alicyclic amines) is 1. The van der Waals surface area contributed by atoms with Crippen LogP contribution in [0.3, 0.4) is 0 Å². The number of rotatable bonds is 15. The van der Waals surface area contributed by atoms with Crippen LogP contribution in [0.15, 0.2) is 24.3 Å². The first-order chi connectivity index (χ1) is 28.4. The number of ketones is 1. The zero-order valence-corrected chi connectivity index (χ0v) is 35.6. The second-order valence-electron chi connectivity index (χ2n) is 18.3. The van der Waals surface area contributed by atoms with Crippen molar-refractivity contribution in [2.75, 3.05) is 85.1 Å². The number of Topliss-reactive ketones (excluding diaryl/α,β-unsaturated/α-hetero) is 1. The fourth-order valence-corrected chi connectivity index (χ4v) is 10.2. The van der Waals surface area contributed by atoms with Gasteiger partial charge in [-0.05, 0) is 80.9 Å². The van der Waals surface area contributed by atoms with Gasteiger partial charge in [-0.2, -0.15) is 0 Å². The number of hydrogen-bond donors (Lipinski definition) is 4. The largest absolute Gasteiger partial charge is 0.481 e. The van der Waals surface area contributed by atoms with Crippen LogP contribution in [-0.4, -0.2) is 191 Å². The molecular formula is C42H63BN6O11. The van der Waals surface area contributed by atoms with Crippen LogP contribution >= 0.6 is 0 Å². The summed E-state index contributed by atoms with van der Waals surface area (Å²) in [6.45, 7) is 11.1. The molecule has 1 aromatic carbocycles. The van der Waals surface area contributed by atoms with Crippen LogP contribution < -0.4 is 5.32 Å². The zero-order chi connectivity index (χ0) is 43.4. The van der Waals surface area contributed by atoms with Crippen molar-refractivity contribution in [2.45, 2.75) is 89.9 Å². The standard InChI is InChI=1S/C42H63BN6O11/c1-28(40(58)49-13-5-6-35(49)43-59-34-23-31-22-33(41(31,2)3)42(34,4)60-43)44-39(57)30-10-7-29(8-11-30)9-12-32(50)24-45-14-16-46(25-36(51)52)18-20-48(27-38(55)56)21-19-47(17-15-45)26-37(53)54/h7-8,10-11,28,31,33-35H,5-6,9,12-27H2,1-4H3,(H,44,57)(H,51,52)(H,53,54)(H,55,56)/t28-,31+,33+,34?,35+,42+/m1/s1. The van der Waals surface area contributed by atoms with E-state index in [1.807, 2.05) is 9.80 Å². The number of carbonyl (C=O) groups is 6. The van der Waals surface area contributed by atoms with Crippen molar-refractivity contribution >= 4 is 42.6 Å². The van der Waals surface area contributed by atoms with Crippen molar-refractivity contribution in [3.05, 3.63) is 35.4 Å². The smallest absolute Gasteiger partial charge is 0.480 e. The molecule has 2 amide bonds. The van der Waals surface area contributed by atoms with Gasteiger partial charge in [0.2, 0.25) is 5.91 Å². The van der Waals surface area contributed by atoms with Gasteiger partial charge >= 0.3 is 25.0 Å². The second kappa shape index (κ2) is 19.4. The number of aryl methyl sites for hydroxylation is 1. The van der Waals surface area contributed by atoms with E-state index in [-0.39, 0.29) is 73.3 Å².